The van der Waals surface area contributed by atoms with Gasteiger partial charge < -0.3 is 24.8 Å². The van der Waals surface area contributed by atoms with E-state index in [0.29, 0.717) is 23.6 Å². The van der Waals surface area contributed by atoms with Crippen LogP contribution in [0.15, 0.2) is 42.5 Å². The molecule has 27 heavy (non-hydrogen) atoms. The highest BCUT2D eigenvalue weighted by atomic mass is 16.5. The van der Waals surface area contributed by atoms with E-state index in [4.69, 9.17) is 14.2 Å². The number of anilines is 1. The summed E-state index contributed by atoms with van der Waals surface area (Å²) in [6.45, 7) is 0. The Kier molecular flexibility index (Phi) is 6.00. The summed E-state index contributed by atoms with van der Waals surface area (Å²) in [6.07, 6.45) is 0.0588. The number of hydrogen-bond acceptors (Lipinski definition) is 7. The van der Waals surface area contributed by atoms with E-state index >= 15 is 0 Å². The van der Waals surface area contributed by atoms with Gasteiger partial charge in [-0.2, -0.15) is 0 Å². The van der Waals surface area contributed by atoms with Crippen LogP contribution in [0.2, 0.25) is 0 Å². The summed E-state index contributed by atoms with van der Waals surface area (Å²) < 4.78 is 15.7. The molecule has 8 nitrogen and oxygen atoms in total. The number of carbonyl (C=O) groups excluding carboxylic acids is 1. The van der Waals surface area contributed by atoms with Gasteiger partial charge in [0.25, 0.3) is 0 Å². The maximum Gasteiger partial charge on any atom is 0.241 e. The minimum atomic E-state index is -0.495. The van der Waals surface area contributed by atoms with Gasteiger partial charge >= 0.3 is 0 Å². The molecule has 0 spiro atoms. The standard InChI is InChI=1S/C19H24N4O4/c1-25-13-6-4-12(5-7-13)10-16-18(24)21-19(23-22-16)20-15-11-14(26-2)8-9-17(15)27-3/h4-9,11,16,19-20,22-23H,10H2,1-3H3,(H,21,24). The monoisotopic (exact) mass is 372 g/mol. The Hall–Kier alpha value is -2.97. The van der Waals surface area contributed by atoms with E-state index in [1.807, 2.05) is 24.3 Å². The van der Waals surface area contributed by atoms with Gasteiger partial charge in [0.15, 0.2) is 6.29 Å². The van der Waals surface area contributed by atoms with Crippen molar-refractivity contribution >= 4 is 11.6 Å². The molecule has 4 N–H and O–H groups in total. The second-order valence-electron chi connectivity index (χ2n) is 6.05. The van der Waals surface area contributed by atoms with E-state index in [1.54, 1.807) is 39.5 Å². The Morgan fingerprint density at radius 1 is 0.926 bits per heavy atom. The Morgan fingerprint density at radius 2 is 1.63 bits per heavy atom. The molecule has 1 fully saturated rings. The zero-order valence-corrected chi connectivity index (χ0v) is 15.5. The zero-order valence-electron chi connectivity index (χ0n) is 15.5. The van der Waals surface area contributed by atoms with Crippen LogP contribution in [0.25, 0.3) is 0 Å². The van der Waals surface area contributed by atoms with Gasteiger partial charge in [-0.25, -0.2) is 10.9 Å². The summed E-state index contributed by atoms with van der Waals surface area (Å²) >= 11 is 0. The van der Waals surface area contributed by atoms with Crippen LogP contribution < -0.4 is 35.7 Å². The van der Waals surface area contributed by atoms with Crippen molar-refractivity contribution in [2.45, 2.75) is 18.8 Å². The first-order chi connectivity index (χ1) is 13.1. The quantitative estimate of drug-likeness (QED) is 0.581. The maximum atomic E-state index is 12.5. The van der Waals surface area contributed by atoms with Gasteiger partial charge in [0, 0.05) is 6.07 Å². The van der Waals surface area contributed by atoms with Crippen LogP contribution >= 0.6 is 0 Å². The lowest BCUT2D eigenvalue weighted by atomic mass is 10.1. The minimum absolute atomic E-state index is 0.107. The molecule has 2 unspecified atom stereocenters. The summed E-state index contributed by atoms with van der Waals surface area (Å²) in [5, 5.41) is 6.08. The second kappa shape index (κ2) is 8.61. The molecule has 0 bridgehead atoms. The average molecular weight is 372 g/mol. The molecule has 2 aromatic rings. The summed E-state index contributed by atoms with van der Waals surface area (Å²) in [4.78, 5) is 12.5. The first-order valence-electron chi connectivity index (χ1n) is 8.56. The normalized spacial score (nSPS) is 19.1. The molecule has 2 atom stereocenters. The Balaban J connectivity index is 1.60. The third-order valence-corrected chi connectivity index (χ3v) is 4.31. The number of carbonyl (C=O) groups is 1. The van der Waals surface area contributed by atoms with Crippen molar-refractivity contribution in [1.82, 2.24) is 16.2 Å². The number of hydrazine groups is 1. The third kappa shape index (κ3) is 4.60. The van der Waals surface area contributed by atoms with E-state index in [2.05, 4.69) is 21.5 Å². The molecule has 0 saturated carbocycles. The molecule has 1 aliphatic rings. The molecule has 1 amide bonds. The zero-order chi connectivity index (χ0) is 19.2. The molecule has 3 rings (SSSR count). The number of ether oxygens (including phenoxy) is 3. The maximum absolute atomic E-state index is 12.5. The molecule has 144 valence electrons. The molecule has 0 aliphatic carbocycles. The highest BCUT2D eigenvalue weighted by Gasteiger charge is 2.27. The van der Waals surface area contributed by atoms with Crippen molar-refractivity contribution in [1.29, 1.82) is 0 Å². The fraction of sp³-hybridized carbons (Fsp3) is 0.316. The van der Waals surface area contributed by atoms with E-state index in [-0.39, 0.29) is 11.9 Å². The van der Waals surface area contributed by atoms with Crippen molar-refractivity contribution in [2.24, 2.45) is 0 Å². The van der Waals surface area contributed by atoms with Crippen molar-refractivity contribution in [2.75, 3.05) is 26.6 Å². The van der Waals surface area contributed by atoms with Gasteiger partial charge in [0.1, 0.15) is 23.3 Å². The van der Waals surface area contributed by atoms with Gasteiger partial charge in [-0.1, -0.05) is 12.1 Å². The van der Waals surface area contributed by atoms with Crippen LogP contribution in [0.1, 0.15) is 5.56 Å². The van der Waals surface area contributed by atoms with Crippen LogP contribution in [-0.2, 0) is 11.2 Å². The fourth-order valence-electron chi connectivity index (χ4n) is 2.82. The third-order valence-electron chi connectivity index (χ3n) is 4.31. The summed E-state index contributed by atoms with van der Waals surface area (Å²) in [7, 11) is 4.81. The van der Waals surface area contributed by atoms with Gasteiger partial charge in [0.05, 0.1) is 27.0 Å². The van der Waals surface area contributed by atoms with Crippen molar-refractivity contribution < 1.29 is 19.0 Å². The minimum Gasteiger partial charge on any atom is -0.497 e. The number of amides is 1. The Labute approximate surface area is 158 Å². The van der Waals surface area contributed by atoms with Crippen LogP contribution in [0.5, 0.6) is 17.2 Å². The summed E-state index contributed by atoms with van der Waals surface area (Å²) in [5.74, 6) is 2.01. The molecule has 2 aromatic carbocycles. The number of rotatable bonds is 7. The first-order valence-corrected chi connectivity index (χ1v) is 8.56. The fourth-order valence-corrected chi connectivity index (χ4v) is 2.82. The molecule has 0 aromatic heterocycles. The van der Waals surface area contributed by atoms with Crippen LogP contribution in [0.3, 0.4) is 0 Å². The van der Waals surface area contributed by atoms with E-state index in [9.17, 15) is 4.79 Å². The van der Waals surface area contributed by atoms with Crippen LogP contribution in [0, 0.1) is 0 Å². The number of benzene rings is 2. The second-order valence-corrected chi connectivity index (χ2v) is 6.05. The summed E-state index contributed by atoms with van der Waals surface area (Å²) in [5.41, 5.74) is 7.85. The molecular weight excluding hydrogens is 348 g/mol. The molecule has 1 heterocycles. The van der Waals surface area contributed by atoms with Crippen molar-refractivity contribution in [3.05, 3.63) is 48.0 Å². The van der Waals surface area contributed by atoms with Gasteiger partial charge in [-0.3, -0.25) is 4.79 Å². The van der Waals surface area contributed by atoms with E-state index in [0.717, 1.165) is 11.3 Å². The molecule has 8 heteroatoms. The molecular formula is C19H24N4O4. The molecule has 0 radical (unpaired) electrons. The predicted octanol–water partition coefficient (Wildman–Crippen LogP) is 1.24. The lowest BCUT2D eigenvalue weighted by Crippen LogP contribution is -2.68. The van der Waals surface area contributed by atoms with Gasteiger partial charge in [-0.05, 0) is 36.2 Å². The highest BCUT2D eigenvalue weighted by Crippen LogP contribution is 2.29. The lowest BCUT2D eigenvalue weighted by molar-refractivity contribution is -0.126. The highest BCUT2D eigenvalue weighted by molar-refractivity contribution is 5.83. The number of nitrogens with one attached hydrogen (secondary N) is 4. The lowest BCUT2D eigenvalue weighted by Gasteiger charge is -2.32. The number of methoxy groups -OCH3 is 3. The van der Waals surface area contributed by atoms with E-state index < -0.39 is 6.29 Å². The van der Waals surface area contributed by atoms with Crippen LogP contribution in [0.4, 0.5) is 5.69 Å². The van der Waals surface area contributed by atoms with Gasteiger partial charge in [0.2, 0.25) is 5.91 Å². The largest absolute Gasteiger partial charge is 0.497 e. The average Bonchev–Trinajstić information content (AvgIpc) is 2.70. The molecule has 1 saturated heterocycles. The Bertz CT molecular complexity index is 782. The van der Waals surface area contributed by atoms with E-state index in [1.165, 1.54) is 0 Å². The SMILES string of the molecule is COc1ccc(CC2NNC(Nc3cc(OC)ccc3OC)NC2=O)cc1. The number of hydrogen-bond donors (Lipinski definition) is 4. The topological polar surface area (TPSA) is 92.9 Å². The van der Waals surface area contributed by atoms with Crippen LogP contribution in [-0.4, -0.2) is 39.6 Å². The van der Waals surface area contributed by atoms with Crippen molar-refractivity contribution in [3.8, 4) is 17.2 Å². The van der Waals surface area contributed by atoms with Gasteiger partial charge in [-0.15, -0.1) is 0 Å². The smallest absolute Gasteiger partial charge is 0.241 e. The molecule has 1 aliphatic heterocycles. The first kappa shape index (κ1) is 18.8. The summed E-state index contributed by atoms with van der Waals surface area (Å²) in [6, 6.07) is 12.7. The van der Waals surface area contributed by atoms with Crippen molar-refractivity contribution in [3.63, 3.8) is 0 Å². The predicted molar refractivity (Wildman–Crippen MR) is 102 cm³/mol. The Morgan fingerprint density at radius 3 is 2.26 bits per heavy atom.